The van der Waals surface area contributed by atoms with Gasteiger partial charge in [-0.25, -0.2) is 4.98 Å². The Bertz CT molecular complexity index is 774. The fourth-order valence-corrected chi connectivity index (χ4v) is 2.11. The van der Waals surface area contributed by atoms with Gasteiger partial charge in [0.15, 0.2) is 0 Å². The number of unbranched alkanes of at least 4 members (excludes halogenated alkanes) is 1. The molecule has 0 atom stereocenters. The van der Waals surface area contributed by atoms with Crippen LogP contribution in [0.1, 0.15) is 25.1 Å². The maximum absolute atomic E-state index is 12.2. The molecular formula is C16H17N3O3. The maximum atomic E-state index is 12.2. The molecule has 1 heterocycles. The number of rotatable bonds is 6. The van der Waals surface area contributed by atoms with Crippen LogP contribution in [-0.4, -0.2) is 22.1 Å². The largest absolute Gasteiger partial charge is 0.466 e. The van der Waals surface area contributed by atoms with Gasteiger partial charge >= 0.3 is 5.97 Å². The van der Waals surface area contributed by atoms with Crippen molar-refractivity contribution >= 4 is 16.9 Å². The lowest BCUT2D eigenvalue weighted by atomic mass is 10.2. The predicted octanol–water partition coefficient (Wildman–Crippen LogP) is 1.71. The highest BCUT2D eigenvalue weighted by Gasteiger charge is 2.10. The fourth-order valence-electron chi connectivity index (χ4n) is 2.11. The Morgan fingerprint density at radius 3 is 2.95 bits per heavy atom. The van der Waals surface area contributed by atoms with Crippen LogP contribution in [0, 0.1) is 11.3 Å². The van der Waals surface area contributed by atoms with Gasteiger partial charge in [-0.15, -0.1) is 0 Å². The quantitative estimate of drug-likeness (QED) is 0.599. The van der Waals surface area contributed by atoms with Crippen molar-refractivity contribution in [3.05, 3.63) is 40.4 Å². The summed E-state index contributed by atoms with van der Waals surface area (Å²) in [5, 5.41) is 8.96. The van der Waals surface area contributed by atoms with Crippen LogP contribution >= 0.6 is 0 Å². The van der Waals surface area contributed by atoms with Gasteiger partial charge in [0.1, 0.15) is 5.82 Å². The van der Waals surface area contributed by atoms with Gasteiger partial charge in [0.05, 0.1) is 30.0 Å². The fraction of sp³-hybridized carbons (Fsp3) is 0.375. The zero-order chi connectivity index (χ0) is 15.9. The van der Waals surface area contributed by atoms with Crippen molar-refractivity contribution in [3.8, 4) is 6.07 Å². The smallest absolute Gasteiger partial charge is 0.306 e. The lowest BCUT2D eigenvalue weighted by Gasteiger charge is -2.09. The molecule has 6 nitrogen and oxygen atoms in total. The van der Waals surface area contributed by atoms with E-state index >= 15 is 0 Å². The molecule has 22 heavy (non-hydrogen) atoms. The monoisotopic (exact) mass is 299 g/mol. The average molecular weight is 299 g/mol. The molecule has 2 aromatic rings. The van der Waals surface area contributed by atoms with E-state index in [1.54, 1.807) is 25.2 Å². The Morgan fingerprint density at radius 1 is 1.41 bits per heavy atom. The summed E-state index contributed by atoms with van der Waals surface area (Å²) in [4.78, 5) is 28.3. The Hall–Kier alpha value is -2.68. The van der Waals surface area contributed by atoms with Gasteiger partial charge in [-0.05, 0) is 18.6 Å². The lowest BCUT2D eigenvalue weighted by Crippen LogP contribution is -2.23. The third kappa shape index (κ3) is 3.70. The summed E-state index contributed by atoms with van der Waals surface area (Å²) in [6, 6.07) is 9.12. The summed E-state index contributed by atoms with van der Waals surface area (Å²) in [6.45, 7) is 0.247. The van der Waals surface area contributed by atoms with Crippen molar-refractivity contribution in [2.24, 2.45) is 7.05 Å². The van der Waals surface area contributed by atoms with Gasteiger partial charge in [0, 0.05) is 19.9 Å². The van der Waals surface area contributed by atoms with Crippen LogP contribution in [0.3, 0.4) is 0 Å². The van der Waals surface area contributed by atoms with Crippen molar-refractivity contribution in [1.82, 2.24) is 9.55 Å². The first-order valence-electron chi connectivity index (χ1n) is 7.10. The van der Waals surface area contributed by atoms with Crippen molar-refractivity contribution in [1.29, 1.82) is 5.26 Å². The number of benzene rings is 1. The van der Waals surface area contributed by atoms with Crippen molar-refractivity contribution in [3.63, 3.8) is 0 Å². The molecule has 0 fully saturated rings. The van der Waals surface area contributed by atoms with Crippen LogP contribution in [0.4, 0.5) is 0 Å². The molecule has 0 N–H and O–H groups in total. The summed E-state index contributed by atoms with van der Waals surface area (Å²) in [5.41, 5.74) is 0.506. The number of para-hydroxylation sites is 1. The topological polar surface area (TPSA) is 85.0 Å². The second-order valence-electron chi connectivity index (χ2n) is 4.89. The molecule has 0 aliphatic rings. The Kier molecular flexibility index (Phi) is 5.26. The molecule has 0 saturated heterocycles. The molecule has 0 aliphatic carbocycles. The normalized spacial score (nSPS) is 10.4. The standard InChI is InChI=1S/C16H17N3O3/c1-19-14(8-9-15(20)22-11-5-4-10-17)18-13-7-3-2-6-12(13)16(19)21/h2-3,6-7H,4-5,8-9,11H2,1H3. The number of ether oxygens (including phenoxy) is 1. The summed E-state index contributed by atoms with van der Waals surface area (Å²) in [5.74, 6) is 0.207. The highest BCUT2D eigenvalue weighted by Crippen LogP contribution is 2.08. The van der Waals surface area contributed by atoms with E-state index in [0.717, 1.165) is 0 Å². The molecule has 0 spiro atoms. The number of hydrogen-bond acceptors (Lipinski definition) is 5. The number of aryl methyl sites for hydroxylation is 1. The number of fused-ring (bicyclic) bond motifs is 1. The summed E-state index contributed by atoms with van der Waals surface area (Å²) in [6.07, 6.45) is 1.40. The third-order valence-corrected chi connectivity index (χ3v) is 3.32. The van der Waals surface area contributed by atoms with Gasteiger partial charge in [-0.2, -0.15) is 5.26 Å². The van der Waals surface area contributed by atoms with E-state index in [4.69, 9.17) is 10.00 Å². The van der Waals surface area contributed by atoms with Crippen LogP contribution in [0.2, 0.25) is 0 Å². The number of hydrogen-bond donors (Lipinski definition) is 0. The summed E-state index contributed by atoms with van der Waals surface area (Å²) in [7, 11) is 1.65. The number of carbonyl (C=O) groups is 1. The molecule has 2 rings (SSSR count). The number of esters is 1. The second-order valence-corrected chi connectivity index (χ2v) is 4.89. The molecule has 114 valence electrons. The average Bonchev–Trinajstić information content (AvgIpc) is 2.53. The van der Waals surface area contributed by atoms with Crippen molar-refractivity contribution in [2.45, 2.75) is 25.7 Å². The van der Waals surface area contributed by atoms with Crippen LogP contribution < -0.4 is 5.56 Å². The van der Waals surface area contributed by atoms with Gasteiger partial charge in [-0.1, -0.05) is 12.1 Å². The molecule has 0 saturated carbocycles. The van der Waals surface area contributed by atoms with Crippen LogP contribution in [0.25, 0.3) is 10.9 Å². The Balaban J connectivity index is 2.03. The molecule has 0 unspecified atom stereocenters. The van der Waals surface area contributed by atoms with E-state index in [0.29, 0.717) is 36.0 Å². The minimum atomic E-state index is -0.347. The van der Waals surface area contributed by atoms with E-state index in [1.165, 1.54) is 4.57 Å². The first-order chi connectivity index (χ1) is 10.6. The first kappa shape index (κ1) is 15.7. The molecule has 0 aliphatic heterocycles. The predicted molar refractivity (Wildman–Crippen MR) is 81.1 cm³/mol. The SMILES string of the molecule is Cn1c(CCC(=O)OCCCC#N)nc2ccccc2c1=O. The molecule has 1 aromatic carbocycles. The highest BCUT2D eigenvalue weighted by atomic mass is 16.5. The van der Waals surface area contributed by atoms with Gasteiger partial charge in [0.25, 0.3) is 5.56 Å². The zero-order valence-electron chi connectivity index (χ0n) is 12.4. The van der Waals surface area contributed by atoms with Gasteiger partial charge in [-0.3, -0.25) is 14.2 Å². The second kappa shape index (κ2) is 7.36. The number of aromatic nitrogens is 2. The van der Waals surface area contributed by atoms with Crippen LogP contribution in [0.15, 0.2) is 29.1 Å². The first-order valence-corrected chi connectivity index (χ1v) is 7.10. The van der Waals surface area contributed by atoms with Crippen molar-refractivity contribution < 1.29 is 9.53 Å². The van der Waals surface area contributed by atoms with Crippen molar-refractivity contribution in [2.75, 3.05) is 6.61 Å². The number of nitrogens with zero attached hydrogens (tertiary/aromatic N) is 3. The molecule has 1 aromatic heterocycles. The van der Waals surface area contributed by atoms with Gasteiger partial charge < -0.3 is 4.74 Å². The lowest BCUT2D eigenvalue weighted by molar-refractivity contribution is -0.143. The van der Waals surface area contributed by atoms with Crippen LogP contribution in [0.5, 0.6) is 0 Å². The van der Waals surface area contributed by atoms with E-state index in [-0.39, 0.29) is 24.6 Å². The Labute approximate surface area is 128 Å². The maximum Gasteiger partial charge on any atom is 0.306 e. The third-order valence-electron chi connectivity index (χ3n) is 3.32. The number of nitriles is 1. The van der Waals surface area contributed by atoms with E-state index in [9.17, 15) is 9.59 Å². The minimum absolute atomic E-state index is 0.122. The minimum Gasteiger partial charge on any atom is -0.466 e. The van der Waals surface area contributed by atoms with E-state index < -0.39 is 0 Å². The zero-order valence-corrected chi connectivity index (χ0v) is 12.4. The molecule has 0 bridgehead atoms. The van der Waals surface area contributed by atoms with E-state index in [1.807, 2.05) is 12.1 Å². The molecule has 6 heteroatoms. The number of carbonyl (C=O) groups excluding carboxylic acids is 1. The van der Waals surface area contributed by atoms with E-state index in [2.05, 4.69) is 4.98 Å². The summed E-state index contributed by atoms with van der Waals surface area (Å²) >= 11 is 0. The van der Waals surface area contributed by atoms with Crippen LogP contribution in [-0.2, 0) is 23.0 Å². The van der Waals surface area contributed by atoms with Gasteiger partial charge in [0.2, 0.25) is 0 Å². The molecular weight excluding hydrogens is 282 g/mol. The highest BCUT2D eigenvalue weighted by molar-refractivity contribution is 5.77. The Morgan fingerprint density at radius 2 is 2.18 bits per heavy atom. The molecule has 0 amide bonds. The molecule has 0 radical (unpaired) electrons. The summed E-state index contributed by atoms with van der Waals surface area (Å²) < 4.78 is 6.48.